The molecule has 0 radical (unpaired) electrons. The lowest BCUT2D eigenvalue weighted by Gasteiger charge is -2.16. The zero-order valence-corrected chi connectivity index (χ0v) is 11.1. The summed E-state index contributed by atoms with van der Waals surface area (Å²) in [5.74, 6) is 0.105. The van der Waals surface area contributed by atoms with Crippen LogP contribution in [0.2, 0.25) is 0 Å². The molecule has 2 aliphatic carbocycles. The van der Waals surface area contributed by atoms with E-state index in [0.717, 1.165) is 6.42 Å². The second-order valence-corrected chi connectivity index (χ2v) is 6.02. The van der Waals surface area contributed by atoms with Crippen molar-refractivity contribution in [2.45, 2.75) is 25.0 Å². The molecule has 0 saturated heterocycles. The van der Waals surface area contributed by atoms with Crippen LogP contribution in [0.4, 0.5) is 0 Å². The van der Waals surface area contributed by atoms with Gasteiger partial charge >= 0.3 is 5.69 Å². The molecule has 0 unspecified atom stereocenters. The van der Waals surface area contributed by atoms with Gasteiger partial charge in [-0.3, -0.25) is 14.3 Å². The molecule has 0 aromatic carbocycles. The van der Waals surface area contributed by atoms with Crippen LogP contribution in [-0.2, 0) is 0 Å². The Morgan fingerprint density at radius 3 is 2.83 bits per heavy atom. The van der Waals surface area contributed by atoms with E-state index in [-0.39, 0.29) is 18.6 Å². The van der Waals surface area contributed by atoms with Crippen molar-refractivity contribution < 1.29 is 10.2 Å². The molecule has 7 heteroatoms. The molecule has 2 saturated carbocycles. The van der Waals surface area contributed by atoms with E-state index in [2.05, 4.69) is 20.9 Å². The summed E-state index contributed by atoms with van der Waals surface area (Å²) in [6.07, 6.45) is 2.03. The first-order valence-corrected chi connectivity index (χ1v) is 6.59. The van der Waals surface area contributed by atoms with Gasteiger partial charge in [-0.1, -0.05) is 0 Å². The fourth-order valence-electron chi connectivity index (χ4n) is 3.18. The van der Waals surface area contributed by atoms with Gasteiger partial charge in [0.25, 0.3) is 5.56 Å². The molecule has 6 nitrogen and oxygen atoms in total. The predicted molar refractivity (Wildman–Crippen MR) is 66.3 cm³/mol. The number of hydrogen-bond acceptors (Lipinski definition) is 4. The average molecular weight is 317 g/mol. The predicted octanol–water partition coefficient (Wildman–Crippen LogP) is -0.397. The lowest BCUT2D eigenvalue weighted by Crippen LogP contribution is -2.33. The molecule has 0 spiro atoms. The highest BCUT2D eigenvalue weighted by molar-refractivity contribution is 9.10. The van der Waals surface area contributed by atoms with Gasteiger partial charge in [-0.25, -0.2) is 4.79 Å². The number of fused-ring (bicyclic) bond motifs is 1. The number of nitrogens with zero attached hydrogens (tertiary/aromatic N) is 1. The lowest BCUT2D eigenvalue weighted by atomic mass is 10.0. The molecule has 3 rings (SSSR count). The van der Waals surface area contributed by atoms with Crippen molar-refractivity contribution in [3.63, 3.8) is 0 Å². The second kappa shape index (κ2) is 3.79. The number of aliphatic hydroxyl groups excluding tert-OH is 2. The maximum Gasteiger partial charge on any atom is 0.328 e. The van der Waals surface area contributed by atoms with Crippen LogP contribution >= 0.6 is 15.9 Å². The maximum atomic E-state index is 11.8. The van der Waals surface area contributed by atoms with Crippen molar-refractivity contribution in [3.8, 4) is 0 Å². The number of hydrogen-bond donors (Lipinski definition) is 3. The van der Waals surface area contributed by atoms with Gasteiger partial charge in [0.05, 0.1) is 17.2 Å². The minimum Gasteiger partial charge on any atom is -0.396 e. The van der Waals surface area contributed by atoms with Crippen LogP contribution in [0.1, 0.15) is 18.9 Å². The number of aromatic nitrogens is 2. The zero-order chi connectivity index (χ0) is 13.1. The monoisotopic (exact) mass is 316 g/mol. The Morgan fingerprint density at radius 1 is 1.56 bits per heavy atom. The first-order chi connectivity index (χ1) is 8.49. The van der Waals surface area contributed by atoms with E-state index in [4.69, 9.17) is 0 Å². The van der Waals surface area contributed by atoms with Crippen molar-refractivity contribution in [3.05, 3.63) is 31.5 Å². The quantitative estimate of drug-likeness (QED) is 0.692. The zero-order valence-electron chi connectivity index (χ0n) is 9.47. The number of aromatic amines is 1. The summed E-state index contributed by atoms with van der Waals surface area (Å²) < 4.78 is 1.74. The standard InChI is InChI=1S/C11H13BrN2O4/c12-6-3-14(10(18)13-9(6)17)7-1-8(16)11(4-15)2-5(7)11/h3,5,7-8,15-16H,1-2,4H2,(H,13,17,18)/t5-,7+,8+,11+/m1/s1. The van der Waals surface area contributed by atoms with E-state index in [0.29, 0.717) is 10.9 Å². The van der Waals surface area contributed by atoms with Gasteiger partial charge in [-0.15, -0.1) is 0 Å². The van der Waals surface area contributed by atoms with Gasteiger partial charge in [-0.2, -0.15) is 0 Å². The van der Waals surface area contributed by atoms with Crippen LogP contribution in [0.15, 0.2) is 20.3 Å². The summed E-state index contributed by atoms with van der Waals surface area (Å²) in [6.45, 7) is -0.0609. The number of halogens is 1. The topological polar surface area (TPSA) is 95.3 Å². The average Bonchev–Trinajstić information content (AvgIpc) is 3.01. The molecule has 1 aromatic heterocycles. The fraction of sp³-hybridized carbons (Fsp3) is 0.636. The van der Waals surface area contributed by atoms with Gasteiger partial charge in [-0.05, 0) is 34.7 Å². The molecule has 1 heterocycles. The molecule has 1 aromatic rings. The van der Waals surface area contributed by atoms with Crippen molar-refractivity contribution >= 4 is 15.9 Å². The van der Waals surface area contributed by atoms with Crippen LogP contribution < -0.4 is 11.2 Å². The minimum absolute atomic E-state index is 0.0609. The molecular formula is C11H13BrN2O4. The van der Waals surface area contributed by atoms with Crippen molar-refractivity contribution in [1.29, 1.82) is 0 Å². The second-order valence-electron chi connectivity index (χ2n) is 5.16. The van der Waals surface area contributed by atoms with E-state index in [1.807, 2.05) is 0 Å². The maximum absolute atomic E-state index is 11.8. The van der Waals surface area contributed by atoms with Gasteiger partial charge in [0, 0.05) is 17.7 Å². The normalized spacial score (nSPS) is 37.6. The third-order valence-electron chi connectivity index (χ3n) is 4.35. The largest absolute Gasteiger partial charge is 0.396 e. The van der Waals surface area contributed by atoms with Gasteiger partial charge in [0.1, 0.15) is 0 Å². The Hall–Kier alpha value is -0.920. The van der Waals surface area contributed by atoms with Gasteiger partial charge in [0.2, 0.25) is 0 Å². The Balaban J connectivity index is 2.02. The summed E-state index contributed by atoms with van der Waals surface area (Å²) in [7, 11) is 0. The first-order valence-electron chi connectivity index (χ1n) is 5.79. The molecular weight excluding hydrogens is 304 g/mol. The van der Waals surface area contributed by atoms with Crippen molar-refractivity contribution in [2.24, 2.45) is 11.3 Å². The minimum atomic E-state index is -0.588. The Kier molecular flexibility index (Phi) is 2.55. The van der Waals surface area contributed by atoms with Crippen LogP contribution in [-0.4, -0.2) is 32.5 Å². The first kappa shape index (κ1) is 12.1. The molecule has 0 amide bonds. The summed E-state index contributed by atoms with van der Waals surface area (Å²) in [5, 5.41) is 19.3. The molecule has 98 valence electrons. The van der Waals surface area contributed by atoms with E-state index < -0.39 is 22.8 Å². The fourth-order valence-corrected chi connectivity index (χ4v) is 3.50. The van der Waals surface area contributed by atoms with Crippen molar-refractivity contribution in [2.75, 3.05) is 6.61 Å². The number of aliphatic hydroxyl groups is 2. The summed E-state index contributed by atoms with van der Waals surface area (Å²) in [6, 6.07) is -0.159. The highest BCUT2D eigenvalue weighted by Gasteiger charge is 2.67. The lowest BCUT2D eigenvalue weighted by molar-refractivity contribution is 0.0599. The van der Waals surface area contributed by atoms with E-state index >= 15 is 0 Å². The summed E-state index contributed by atoms with van der Waals surface area (Å²) in [5.41, 5.74) is -1.37. The van der Waals surface area contributed by atoms with Crippen LogP contribution in [0.25, 0.3) is 0 Å². The molecule has 0 bridgehead atoms. The highest BCUT2D eigenvalue weighted by atomic mass is 79.9. The Labute approximate surface area is 110 Å². The van der Waals surface area contributed by atoms with Gasteiger partial charge in [0.15, 0.2) is 0 Å². The van der Waals surface area contributed by atoms with Crippen molar-refractivity contribution in [1.82, 2.24) is 9.55 Å². The van der Waals surface area contributed by atoms with Crippen LogP contribution in [0.5, 0.6) is 0 Å². The van der Waals surface area contributed by atoms with E-state index in [1.165, 1.54) is 10.8 Å². The van der Waals surface area contributed by atoms with Crippen LogP contribution in [0.3, 0.4) is 0 Å². The summed E-state index contributed by atoms with van der Waals surface area (Å²) in [4.78, 5) is 25.3. The molecule has 4 atom stereocenters. The molecule has 3 N–H and O–H groups in total. The smallest absolute Gasteiger partial charge is 0.328 e. The number of nitrogens with one attached hydrogen (secondary N) is 1. The number of rotatable bonds is 2. The molecule has 18 heavy (non-hydrogen) atoms. The molecule has 2 fully saturated rings. The third-order valence-corrected chi connectivity index (χ3v) is 4.91. The van der Waals surface area contributed by atoms with Gasteiger partial charge < -0.3 is 10.2 Å². The third kappa shape index (κ3) is 1.47. The van der Waals surface area contributed by atoms with Crippen LogP contribution in [0, 0.1) is 11.3 Å². The highest BCUT2D eigenvalue weighted by Crippen LogP contribution is 2.66. The molecule has 2 aliphatic rings. The SMILES string of the molecule is O=c1[nH]c(=O)n([C@H]2C[C@H](O)[C@]3(CO)C[C@H]23)cc1Br. The van der Waals surface area contributed by atoms with E-state index in [1.54, 1.807) is 0 Å². The summed E-state index contributed by atoms with van der Waals surface area (Å²) >= 11 is 3.09. The Morgan fingerprint density at radius 2 is 2.28 bits per heavy atom. The Bertz CT molecular complexity index is 610. The van der Waals surface area contributed by atoms with E-state index in [9.17, 15) is 19.8 Å². The number of H-pyrrole nitrogens is 1. The molecule has 0 aliphatic heterocycles.